The summed E-state index contributed by atoms with van der Waals surface area (Å²) in [6, 6.07) is 7.48. The molecule has 1 aliphatic rings. The molecular weight excluding hydrogens is 302 g/mol. The van der Waals surface area contributed by atoms with Crippen molar-refractivity contribution < 1.29 is 4.79 Å². The number of nitrogens with two attached hydrogens (primary N) is 1. The maximum atomic E-state index is 12.3. The maximum Gasteiger partial charge on any atom is 0.244 e. The van der Waals surface area contributed by atoms with Crippen molar-refractivity contribution in [3.05, 3.63) is 30.6 Å². The second-order valence-electron chi connectivity index (χ2n) is 5.58. The van der Waals surface area contributed by atoms with Crippen LogP contribution in [0.25, 0.3) is 11.4 Å². The van der Waals surface area contributed by atoms with Crippen molar-refractivity contribution in [2.24, 2.45) is 5.73 Å². The Hall–Kier alpha value is -1.92. The van der Waals surface area contributed by atoms with Gasteiger partial charge in [0.15, 0.2) is 5.82 Å². The molecule has 6 nitrogen and oxygen atoms in total. The third-order valence-corrected chi connectivity index (χ3v) is 4.03. The molecule has 1 aliphatic carbocycles. The number of H-pyrrole nitrogens is 1. The Bertz CT molecular complexity index is 605. The Morgan fingerprint density at radius 1 is 1.18 bits per heavy atom. The third-order valence-electron chi connectivity index (χ3n) is 4.03. The van der Waals surface area contributed by atoms with E-state index in [2.05, 4.69) is 20.5 Å². The van der Waals surface area contributed by atoms with Crippen molar-refractivity contribution >= 4 is 24.0 Å². The van der Waals surface area contributed by atoms with Crippen LogP contribution in [0.4, 0.5) is 5.69 Å². The van der Waals surface area contributed by atoms with Gasteiger partial charge in [-0.15, -0.1) is 12.4 Å². The van der Waals surface area contributed by atoms with Gasteiger partial charge in [-0.25, -0.2) is 4.98 Å². The summed E-state index contributed by atoms with van der Waals surface area (Å²) in [5.74, 6) is 0.616. The normalized spacial score (nSPS) is 16.6. The van der Waals surface area contributed by atoms with E-state index in [0.717, 1.165) is 43.4 Å². The average Bonchev–Trinajstić information content (AvgIpc) is 3.03. The average molecular weight is 322 g/mol. The molecule has 22 heavy (non-hydrogen) atoms. The van der Waals surface area contributed by atoms with Crippen LogP contribution in [0, 0.1) is 0 Å². The fraction of sp³-hybridized carbons (Fsp3) is 0.400. The Morgan fingerprint density at radius 3 is 2.45 bits per heavy atom. The van der Waals surface area contributed by atoms with E-state index in [4.69, 9.17) is 5.73 Å². The Kier molecular flexibility index (Phi) is 5.15. The van der Waals surface area contributed by atoms with Crippen LogP contribution in [0.15, 0.2) is 30.6 Å². The molecule has 1 fully saturated rings. The summed E-state index contributed by atoms with van der Waals surface area (Å²) < 4.78 is 0. The van der Waals surface area contributed by atoms with Crippen LogP contribution in [0.2, 0.25) is 0 Å². The van der Waals surface area contributed by atoms with Crippen LogP contribution >= 0.6 is 12.4 Å². The fourth-order valence-corrected chi connectivity index (χ4v) is 2.72. The smallest absolute Gasteiger partial charge is 0.244 e. The monoisotopic (exact) mass is 321 g/mol. The van der Waals surface area contributed by atoms with E-state index in [1.165, 1.54) is 6.33 Å². The summed E-state index contributed by atoms with van der Waals surface area (Å²) >= 11 is 0. The molecule has 3 rings (SSSR count). The second kappa shape index (κ2) is 6.89. The molecule has 0 bridgehead atoms. The number of hydrogen-bond acceptors (Lipinski definition) is 4. The van der Waals surface area contributed by atoms with Crippen LogP contribution in [-0.4, -0.2) is 26.6 Å². The molecule has 0 radical (unpaired) electrons. The van der Waals surface area contributed by atoms with Gasteiger partial charge in [-0.3, -0.25) is 9.89 Å². The highest BCUT2D eigenvalue weighted by Crippen LogP contribution is 2.27. The number of aromatic nitrogens is 3. The van der Waals surface area contributed by atoms with Crippen LogP contribution in [0.3, 0.4) is 0 Å². The van der Waals surface area contributed by atoms with Gasteiger partial charge < -0.3 is 11.1 Å². The minimum absolute atomic E-state index is 0. The highest BCUT2D eigenvalue weighted by Gasteiger charge is 2.35. The van der Waals surface area contributed by atoms with E-state index in [0.29, 0.717) is 5.82 Å². The van der Waals surface area contributed by atoms with E-state index in [1.54, 1.807) is 0 Å². The Balaban J connectivity index is 0.00000176. The van der Waals surface area contributed by atoms with E-state index in [-0.39, 0.29) is 18.3 Å². The molecule has 1 amide bonds. The first kappa shape index (κ1) is 16.5. The molecule has 0 unspecified atom stereocenters. The molecule has 1 saturated carbocycles. The number of amides is 1. The van der Waals surface area contributed by atoms with Crippen molar-refractivity contribution in [3.8, 4) is 11.4 Å². The molecule has 7 heteroatoms. The molecule has 118 valence electrons. The van der Waals surface area contributed by atoms with E-state index >= 15 is 0 Å². The standard InChI is InChI=1S/C15H19N5O.ClH/c16-15(8-2-1-3-9-15)14(21)19-12-6-4-11(5-7-12)13-17-10-18-20-13;/h4-7,10H,1-3,8-9,16H2,(H,19,21)(H,17,18,20);1H. The molecule has 0 saturated heterocycles. The number of rotatable bonds is 3. The molecule has 1 heterocycles. The second-order valence-corrected chi connectivity index (χ2v) is 5.58. The first-order chi connectivity index (χ1) is 10.2. The first-order valence-corrected chi connectivity index (χ1v) is 7.23. The summed E-state index contributed by atoms with van der Waals surface area (Å²) in [6.45, 7) is 0. The topological polar surface area (TPSA) is 96.7 Å². The third kappa shape index (κ3) is 3.45. The zero-order chi connectivity index (χ0) is 14.7. The fourth-order valence-electron chi connectivity index (χ4n) is 2.72. The number of hydrogen-bond donors (Lipinski definition) is 3. The quantitative estimate of drug-likeness (QED) is 0.809. The number of carbonyl (C=O) groups is 1. The Morgan fingerprint density at radius 2 is 1.86 bits per heavy atom. The summed E-state index contributed by atoms with van der Waals surface area (Å²) in [5, 5.41) is 9.53. The van der Waals surface area contributed by atoms with Crippen LogP contribution in [0.1, 0.15) is 32.1 Å². The molecule has 1 aromatic heterocycles. The van der Waals surface area contributed by atoms with Crippen molar-refractivity contribution in [1.82, 2.24) is 15.2 Å². The van der Waals surface area contributed by atoms with Gasteiger partial charge in [0.1, 0.15) is 6.33 Å². The van der Waals surface area contributed by atoms with Gasteiger partial charge in [0.25, 0.3) is 0 Å². The molecule has 4 N–H and O–H groups in total. The highest BCUT2D eigenvalue weighted by atomic mass is 35.5. The summed E-state index contributed by atoms with van der Waals surface area (Å²) in [6.07, 6.45) is 6.19. The zero-order valence-corrected chi connectivity index (χ0v) is 13.0. The highest BCUT2D eigenvalue weighted by molar-refractivity contribution is 5.98. The van der Waals surface area contributed by atoms with Gasteiger partial charge in [0.05, 0.1) is 5.54 Å². The summed E-state index contributed by atoms with van der Waals surface area (Å²) in [5.41, 5.74) is 7.17. The number of nitrogens with one attached hydrogen (secondary N) is 2. The van der Waals surface area contributed by atoms with Gasteiger partial charge in [-0.05, 0) is 37.1 Å². The lowest BCUT2D eigenvalue weighted by atomic mass is 9.82. The maximum absolute atomic E-state index is 12.3. The van der Waals surface area contributed by atoms with Crippen molar-refractivity contribution in [2.45, 2.75) is 37.6 Å². The number of nitrogens with zero attached hydrogens (tertiary/aromatic N) is 2. The van der Waals surface area contributed by atoms with Crippen LogP contribution in [-0.2, 0) is 4.79 Å². The van der Waals surface area contributed by atoms with E-state index in [1.807, 2.05) is 24.3 Å². The van der Waals surface area contributed by atoms with Crippen molar-refractivity contribution in [3.63, 3.8) is 0 Å². The molecule has 0 atom stereocenters. The minimum Gasteiger partial charge on any atom is -0.324 e. The number of halogens is 1. The van der Waals surface area contributed by atoms with Crippen LogP contribution < -0.4 is 11.1 Å². The zero-order valence-electron chi connectivity index (χ0n) is 12.2. The van der Waals surface area contributed by atoms with Gasteiger partial charge in [0, 0.05) is 11.3 Å². The lowest BCUT2D eigenvalue weighted by Gasteiger charge is -2.31. The van der Waals surface area contributed by atoms with Gasteiger partial charge in [-0.1, -0.05) is 19.3 Å². The van der Waals surface area contributed by atoms with E-state index in [9.17, 15) is 4.79 Å². The van der Waals surface area contributed by atoms with Gasteiger partial charge in [-0.2, -0.15) is 5.10 Å². The molecular formula is C15H20ClN5O. The molecule has 2 aromatic rings. The summed E-state index contributed by atoms with van der Waals surface area (Å²) in [4.78, 5) is 16.4. The predicted octanol–water partition coefficient (Wildman–Crippen LogP) is 2.49. The lowest BCUT2D eigenvalue weighted by Crippen LogP contribution is -2.52. The predicted molar refractivity (Wildman–Crippen MR) is 87.7 cm³/mol. The van der Waals surface area contributed by atoms with E-state index < -0.39 is 5.54 Å². The largest absolute Gasteiger partial charge is 0.324 e. The number of anilines is 1. The van der Waals surface area contributed by atoms with Crippen molar-refractivity contribution in [1.29, 1.82) is 0 Å². The molecule has 0 aliphatic heterocycles. The summed E-state index contributed by atoms with van der Waals surface area (Å²) in [7, 11) is 0. The number of aromatic amines is 1. The van der Waals surface area contributed by atoms with Gasteiger partial charge >= 0.3 is 0 Å². The Labute approximate surface area is 135 Å². The number of benzene rings is 1. The van der Waals surface area contributed by atoms with Crippen molar-refractivity contribution in [2.75, 3.05) is 5.32 Å². The minimum atomic E-state index is -0.720. The van der Waals surface area contributed by atoms with Gasteiger partial charge in [0.2, 0.25) is 5.91 Å². The lowest BCUT2D eigenvalue weighted by molar-refractivity contribution is -0.122. The molecule has 1 aromatic carbocycles. The number of carbonyl (C=O) groups excluding carboxylic acids is 1. The first-order valence-electron chi connectivity index (χ1n) is 7.23. The molecule has 0 spiro atoms. The van der Waals surface area contributed by atoms with Crippen LogP contribution in [0.5, 0.6) is 0 Å². The SMILES string of the molecule is Cl.NC1(C(=O)Nc2ccc(-c3ncn[nH]3)cc2)CCCCC1.